The number of aromatic nitrogens is 2. The van der Waals surface area contributed by atoms with Crippen molar-refractivity contribution in [2.24, 2.45) is 11.7 Å². The molecule has 0 fully saturated rings. The number of nitrogens with zero attached hydrogens (tertiary/aromatic N) is 1. The number of ether oxygens (including phenoxy) is 1. The van der Waals surface area contributed by atoms with E-state index in [0.717, 1.165) is 21.9 Å². The van der Waals surface area contributed by atoms with Crippen molar-refractivity contribution in [3.05, 3.63) is 102 Å². The van der Waals surface area contributed by atoms with Gasteiger partial charge < -0.3 is 31.2 Å². The van der Waals surface area contributed by atoms with Gasteiger partial charge in [0.1, 0.15) is 12.6 Å². The molecule has 1 heterocycles. The molecule has 0 spiro atoms. The number of amides is 2. The van der Waals surface area contributed by atoms with E-state index in [0.29, 0.717) is 12.1 Å². The molecule has 0 bridgehead atoms. The SMILES string of the molecule is CC(C)CC(NC(=O)[C@H](Cc1cnc[nH]1)NC(=O)[C@H](N)Cc1cccc2ccccc12)C(O)CC(=O)OCc1ccccc1. The fourth-order valence-corrected chi connectivity index (χ4v) is 5.12. The third-order valence-electron chi connectivity index (χ3n) is 7.40. The Morgan fingerprint density at radius 2 is 1.66 bits per heavy atom. The Bertz CT molecular complexity index is 1500. The smallest absolute Gasteiger partial charge is 0.308 e. The van der Waals surface area contributed by atoms with E-state index in [2.05, 4.69) is 20.6 Å². The topological polar surface area (TPSA) is 159 Å². The summed E-state index contributed by atoms with van der Waals surface area (Å²) in [6.45, 7) is 4.00. The van der Waals surface area contributed by atoms with Gasteiger partial charge in [-0.1, -0.05) is 86.6 Å². The molecular formula is C34H41N5O5. The second kappa shape index (κ2) is 15.8. The van der Waals surface area contributed by atoms with Crippen molar-refractivity contribution in [3.8, 4) is 0 Å². The second-order valence-corrected chi connectivity index (χ2v) is 11.5. The van der Waals surface area contributed by atoms with Crippen molar-refractivity contribution >= 4 is 28.6 Å². The van der Waals surface area contributed by atoms with Crippen LogP contribution in [0.15, 0.2) is 85.3 Å². The molecule has 0 saturated heterocycles. The number of nitrogens with two attached hydrogens (primary N) is 1. The van der Waals surface area contributed by atoms with Gasteiger partial charge in [-0.15, -0.1) is 0 Å². The molecule has 0 radical (unpaired) electrons. The van der Waals surface area contributed by atoms with Gasteiger partial charge in [-0.3, -0.25) is 14.4 Å². The van der Waals surface area contributed by atoms with Crippen molar-refractivity contribution in [3.63, 3.8) is 0 Å². The monoisotopic (exact) mass is 599 g/mol. The minimum Gasteiger partial charge on any atom is -0.461 e. The Labute approximate surface area is 257 Å². The number of aromatic amines is 1. The number of aliphatic hydroxyl groups is 1. The first kappa shape index (κ1) is 32.4. The van der Waals surface area contributed by atoms with Crippen LogP contribution in [0.5, 0.6) is 0 Å². The standard InChI is InChI=1S/C34H41N5O5/c1-22(2)15-29(31(40)18-32(41)44-20-23-9-4-3-5-10-23)38-34(43)30(17-26-19-36-21-37-26)39-33(42)28(35)16-25-13-8-12-24-11-6-7-14-27(24)25/h3-14,19,21-22,28-31,40H,15-18,20,35H2,1-2H3,(H,36,37)(H,38,43)(H,39,42)/t28-,29?,30+,31?/m1/s1. The number of esters is 1. The molecule has 232 valence electrons. The zero-order valence-electron chi connectivity index (χ0n) is 25.1. The van der Waals surface area contributed by atoms with Gasteiger partial charge in [-0.25, -0.2) is 4.98 Å². The van der Waals surface area contributed by atoms with Crippen LogP contribution in [0.2, 0.25) is 0 Å². The molecule has 44 heavy (non-hydrogen) atoms. The summed E-state index contributed by atoms with van der Waals surface area (Å²) in [4.78, 5) is 46.4. The van der Waals surface area contributed by atoms with E-state index in [9.17, 15) is 19.5 Å². The lowest BCUT2D eigenvalue weighted by molar-refractivity contribution is -0.148. The zero-order chi connectivity index (χ0) is 31.5. The number of aliphatic hydroxyl groups excluding tert-OH is 1. The van der Waals surface area contributed by atoms with E-state index in [4.69, 9.17) is 10.5 Å². The first-order valence-electron chi connectivity index (χ1n) is 14.9. The Balaban J connectivity index is 1.42. The van der Waals surface area contributed by atoms with E-state index in [1.807, 2.05) is 86.6 Å². The summed E-state index contributed by atoms with van der Waals surface area (Å²) in [6, 6.07) is 20.3. The Morgan fingerprint density at radius 1 is 0.932 bits per heavy atom. The Hall–Kier alpha value is -4.54. The molecule has 1 aromatic heterocycles. The predicted octanol–water partition coefficient (Wildman–Crippen LogP) is 3.19. The van der Waals surface area contributed by atoms with Crippen molar-refractivity contribution in [2.45, 2.75) is 70.4 Å². The number of hydrogen-bond acceptors (Lipinski definition) is 7. The summed E-state index contributed by atoms with van der Waals surface area (Å²) >= 11 is 0. The van der Waals surface area contributed by atoms with Gasteiger partial charge in [0.15, 0.2) is 0 Å². The third-order valence-corrected chi connectivity index (χ3v) is 7.40. The fraction of sp³-hybridized carbons (Fsp3) is 0.353. The molecule has 6 N–H and O–H groups in total. The van der Waals surface area contributed by atoms with Crippen LogP contribution in [-0.2, 0) is 38.6 Å². The number of nitrogens with one attached hydrogen (secondary N) is 3. The van der Waals surface area contributed by atoms with E-state index in [1.54, 1.807) is 6.20 Å². The van der Waals surface area contributed by atoms with Gasteiger partial charge in [0.05, 0.1) is 30.9 Å². The van der Waals surface area contributed by atoms with Crippen LogP contribution in [0.1, 0.15) is 43.5 Å². The molecule has 4 aromatic rings. The maximum atomic E-state index is 13.6. The second-order valence-electron chi connectivity index (χ2n) is 11.5. The lowest BCUT2D eigenvalue weighted by atomic mass is 9.96. The maximum Gasteiger partial charge on any atom is 0.308 e. The molecule has 10 heteroatoms. The molecule has 10 nitrogen and oxygen atoms in total. The molecule has 0 aliphatic rings. The summed E-state index contributed by atoms with van der Waals surface area (Å²) in [6.07, 6.45) is 2.40. The average Bonchev–Trinajstić information content (AvgIpc) is 3.53. The van der Waals surface area contributed by atoms with Crippen LogP contribution < -0.4 is 16.4 Å². The van der Waals surface area contributed by atoms with Gasteiger partial charge in [0.25, 0.3) is 0 Å². The maximum absolute atomic E-state index is 13.6. The molecule has 0 saturated carbocycles. The minimum absolute atomic E-state index is 0.0882. The number of imidazole rings is 1. The largest absolute Gasteiger partial charge is 0.461 e. The number of hydrogen-bond donors (Lipinski definition) is 5. The first-order chi connectivity index (χ1) is 21.2. The van der Waals surface area contributed by atoms with Crippen LogP contribution in [0.3, 0.4) is 0 Å². The highest BCUT2D eigenvalue weighted by atomic mass is 16.5. The molecule has 0 aliphatic heterocycles. The third kappa shape index (κ3) is 9.48. The highest BCUT2D eigenvalue weighted by Gasteiger charge is 2.30. The van der Waals surface area contributed by atoms with Crippen molar-refractivity contribution in [2.75, 3.05) is 0 Å². The van der Waals surface area contributed by atoms with Crippen molar-refractivity contribution in [1.29, 1.82) is 0 Å². The van der Waals surface area contributed by atoms with Crippen LogP contribution in [0.4, 0.5) is 0 Å². The van der Waals surface area contributed by atoms with Crippen LogP contribution in [-0.4, -0.2) is 57.1 Å². The zero-order valence-corrected chi connectivity index (χ0v) is 25.1. The first-order valence-corrected chi connectivity index (χ1v) is 14.9. The predicted molar refractivity (Wildman–Crippen MR) is 168 cm³/mol. The highest BCUT2D eigenvalue weighted by molar-refractivity contribution is 5.91. The number of carbonyl (C=O) groups excluding carboxylic acids is 3. The van der Waals surface area contributed by atoms with E-state index < -0.39 is 42.0 Å². The van der Waals surface area contributed by atoms with Gasteiger partial charge in [-0.2, -0.15) is 0 Å². The quantitative estimate of drug-likeness (QED) is 0.131. The summed E-state index contributed by atoms with van der Waals surface area (Å²) < 4.78 is 5.34. The summed E-state index contributed by atoms with van der Waals surface area (Å²) in [7, 11) is 0. The molecule has 4 atom stereocenters. The fourth-order valence-electron chi connectivity index (χ4n) is 5.12. The lowest BCUT2D eigenvalue weighted by Crippen LogP contribution is -2.56. The number of H-pyrrole nitrogens is 1. The number of carbonyl (C=O) groups is 3. The summed E-state index contributed by atoms with van der Waals surface area (Å²) in [5, 5.41) is 18.7. The number of benzene rings is 3. The van der Waals surface area contributed by atoms with Crippen molar-refractivity contribution < 1.29 is 24.2 Å². The molecular weight excluding hydrogens is 558 g/mol. The van der Waals surface area contributed by atoms with Crippen LogP contribution in [0, 0.1) is 5.92 Å². The van der Waals surface area contributed by atoms with Crippen LogP contribution >= 0.6 is 0 Å². The van der Waals surface area contributed by atoms with Crippen LogP contribution in [0.25, 0.3) is 10.8 Å². The van der Waals surface area contributed by atoms with E-state index in [-0.39, 0.29) is 31.8 Å². The number of fused-ring (bicyclic) bond motifs is 1. The van der Waals surface area contributed by atoms with Crippen molar-refractivity contribution in [1.82, 2.24) is 20.6 Å². The molecule has 0 aliphatic carbocycles. The summed E-state index contributed by atoms with van der Waals surface area (Å²) in [5.74, 6) is -1.47. The van der Waals surface area contributed by atoms with Gasteiger partial charge >= 0.3 is 5.97 Å². The average molecular weight is 600 g/mol. The van der Waals surface area contributed by atoms with Gasteiger partial charge in [0, 0.05) is 18.3 Å². The Kier molecular flexibility index (Phi) is 11.6. The highest BCUT2D eigenvalue weighted by Crippen LogP contribution is 2.20. The normalized spacial score (nSPS) is 14.0. The molecule has 2 amide bonds. The van der Waals surface area contributed by atoms with E-state index in [1.165, 1.54) is 6.33 Å². The lowest BCUT2D eigenvalue weighted by Gasteiger charge is -2.28. The number of rotatable bonds is 15. The molecule has 4 rings (SSSR count). The summed E-state index contributed by atoms with van der Waals surface area (Å²) in [5.41, 5.74) is 8.75. The minimum atomic E-state index is -1.19. The Morgan fingerprint density at radius 3 is 2.39 bits per heavy atom. The van der Waals surface area contributed by atoms with Gasteiger partial charge in [0.2, 0.25) is 11.8 Å². The van der Waals surface area contributed by atoms with E-state index >= 15 is 0 Å². The van der Waals surface area contributed by atoms with Gasteiger partial charge in [-0.05, 0) is 40.7 Å². The molecule has 2 unspecified atom stereocenters. The molecule has 3 aromatic carbocycles.